The first kappa shape index (κ1) is 12.4. The van der Waals surface area contributed by atoms with Crippen molar-refractivity contribution in [3.8, 4) is 0 Å². The largest absolute Gasteiger partial charge is 0.302 e. The summed E-state index contributed by atoms with van der Waals surface area (Å²) in [7, 11) is 0. The highest BCUT2D eigenvalue weighted by atomic mass is 15.3. The predicted octanol–water partition coefficient (Wildman–Crippen LogP) is 3.52. The van der Waals surface area contributed by atoms with Gasteiger partial charge < -0.3 is 5.43 Å². The third kappa shape index (κ3) is 2.18. The first-order valence-corrected chi connectivity index (χ1v) is 6.43. The summed E-state index contributed by atoms with van der Waals surface area (Å²) in [5, 5.41) is 4.25. The maximum atomic E-state index is 4.25. The van der Waals surface area contributed by atoms with E-state index in [-0.39, 0.29) is 10.8 Å². The van der Waals surface area contributed by atoms with E-state index in [9.17, 15) is 0 Å². The SMILES string of the molecule is CC(C)(C)C1=C(C(C)(C)C)C2C=NNC2C=C1. The molecular formula is C15H24N2. The lowest BCUT2D eigenvalue weighted by Crippen LogP contribution is -2.35. The first-order valence-electron chi connectivity index (χ1n) is 6.43. The summed E-state index contributed by atoms with van der Waals surface area (Å²) in [6.07, 6.45) is 6.62. The molecular weight excluding hydrogens is 208 g/mol. The summed E-state index contributed by atoms with van der Waals surface area (Å²) in [4.78, 5) is 0. The van der Waals surface area contributed by atoms with Crippen LogP contribution in [0.1, 0.15) is 41.5 Å². The Balaban J connectivity index is 2.56. The third-order valence-corrected chi connectivity index (χ3v) is 3.56. The van der Waals surface area contributed by atoms with Gasteiger partial charge in [-0.3, -0.25) is 0 Å². The van der Waals surface area contributed by atoms with Crippen molar-refractivity contribution in [1.82, 2.24) is 5.43 Å². The maximum absolute atomic E-state index is 4.25. The van der Waals surface area contributed by atoms with Crippen LogP contribution < -0.4 is 5.43 Å². The van der Waals surface area contributed by atoms with Gasteiger partial charge in [-0.25, -0.2) is 0 Å². The number of allylic oxidation sites excluding steroid dienone is 2. The minimum absolute atomic E-state index is 0.189. The smallest absolute Gasteiger partial charge is 0.0739 e. The molecule has 0 fully saturated rings. The number of hydrogen-bond donors (Lipinski definition) is 1. The van der Waals surface area contributed by atoms with Crippen molar-refractivity contribution in [2.75, 3.05) is 0 Å². The highest BCUT2D eigenvalue weighted by Gasteiger charge is 2.38. The van der Waals surface area contributed by atoms with Crippen molar-refractivity contribution in [3.63, 3.8) is 0 Å². The molecule has 2 heteroatoms. The maximum Gasteiger partial charge on any atom is 0.0739 e. The van der Waals surface area contributed by atoms with Gasteiger partial charge in [0.1, 0.15) is 0 Å². The fourth-order valence-electron chi connectivity index (χ4n) is 2.83. The number of hydrazone groups is 1. The summed E-state index contributed by atoms with van der Waals surface area (Å²) in [5.74, 6) is 0.425. The van der Waals surface area contributed by atoms with Crippen molar-refractivity contribution in [3.05, 3.63) is 23.3 Å². The average Bonchev–Trinajstić information content (AvgIpc) is 2.59. The molecule has 0 aromatic heterocycles. The van der Waals surface area contributed by atoms with E-state index in [1.807, 2.05) is 0 Å². The molecule has 0 bridgehead atoms. The van der Waals surface area contributed by atoms with Crippen LogP contribution in [-0.4, -0.2) is 12.3 Å². The van der Waals surface area contributed by atoms with Gasteiger partial charge in [0.25, 0.3) is 0 Å². The Morgan fingerprint density at radius 3 is 2.24 bits per heavy atom. The van der Waals surface area contributed by atoms with Gasteiger partial charge in [0.15, 0.2) is 0 Å². The van der Waals surface area contributed by atoms with E-state index in [2.05, 4.69) is 70.4 Å². The Bertz CT molecular complexity index is 400. The van der Waals surface area contributed by atoms with Gasteiger partial charge >= 0.3 is 0 Å². The number of fused-ring (bicyclic) bond motifs is 1. The van der Waals surface area contributed by atoms with Crippen LogP contribution in [0.15, 0.2) is 28.4 Å². The van der Waals surface area contributed by atoms with E-state index in [4.69, 9.17) is 0 Å². The molecule has 2 unspecified atom stereocenters. The number of nitrogens with one attached hydrogen (secondary N) is 1. The molecule has 2 nitrogen and oxygen atoms in total. The lowest BCUT2D eigenvalue weighted by Gasteiger charge is -2.38. The topological polar surface area (TPSA) is 24.4 Å². The number of hydrogen-bond acceptors (Lipinski definition) is 2. The minimum Gasteiger partial charge on any atom is -0.302 e. The molecule has 1 aliphatic carbocycles. The predicted molar refractivity (Wildman–Crippen MR) is 74.0 cm³/mol. The molecule has 2 rings (SSSR count). The zero-order valence-corrected chi connectivity index (χ0v) is 11.8. The molecule has 0 radical (unpaired) electrons. The van der Waals surface area contributed by atoms with Crippen molar-refractivity contribution in [2.45, 2.75) is 47.6 Å². The molecule has 1 heterocycles. The summed E-state index contributed by atoms with van der Waals surface area (Å²) in [5.41, 5.74) is 6.57. The molecule has 2 aliphatic rings. The number of nitrogens with zero attached hydrogens (tertiary/aromatic N) is 1. The second-order valence-electron chi connectivity index (χ2n) is 7.15. The molecule has 17 heavy (non-hydrogen) atoms. The van der Waals surface area contributed by atoms with E-state index in [0.717, 1.165) is 0 Å². The molecule has 0 aromatic carbocycles. The van der Waals surface area contributed by atoms with E-state index < -0.39 is 0 Å². The van der Waals surface area contributed by atoms with Gasteiger partial charge in [-0.05, 0) is 16.4 Å². The molecule has 0 saturated carbocycles. The summed E-state index contributed by atoms with van der Waals surface area (Å²) in [6, 6.07) is 0.357. The van der Waals surface area contributed by atoms with Gasteiger partial charge in [-0.2, -0.15) is 5.10 Å². The van der Waals surface area contributed by atoms with E-state index in [0.29, 0.717) is 12.0 Å². The second-order valence-corrected chi connectivity index (χ2v) is 7.15. The Morgan fingerprint density at radius 2 is 1.71 bits per heavy atom. The lowest BCUT2D eigenvalue weighted by molar-refractivity contribution is 0.402. The number of rotatable bonds is 0. The van der Waals surface area contributed by atoms with E-state index in [1.54, 1.807) is 0 Å². The molecule has 0 saturated heterocycles. The van der Waals surface area contributed by atoms with Crippen LogP contribution in [0.25, 0.3) is 0 Å². The quantitative estimate of drug-likeness (QED) is 0.679. The standard InChI is InChI=1S/C15H24N2/c1-14(2,3)11-7-8-12-10(9-16-17-12)13(11)15(4,5)6/h7-10,12,17H,1-6H3. The Kier molecular flexibility index (Phi) is 2.72. The van der Waals surface area contributed by atoms with E-state index >= 15 is 0 Å². The molecule has 1 N–H and O–H groups in total. The first-order chi connectivity index (χ1) is 7.71. The Morgan fingerprint density at radius 1 is 1.06 bits per heavy atom. The summed E-state index contributed by atoms with van der Waals surface area (Å²) >= 11 is 0. The van der Waals surface area contributed by atoms with Gasteiger partial charge in [-0.15, -0.1) is 0 Å². The monoisotopic (exact) mass is 232 g/mol. The van der Waals surface area contributed by atoms with Crippen LogP contribution in [0.3, 0.4) is 0 Å². The normalized spacial score (nSPS) is 28.4. The minimum atomic E-state index is 0.189. The highest BCUT2D eigenvalue weighted by molar-refractivity contribution is 5.71. The van der Waals surface area contributed by atoms with Gasteiger partial charge in [-0.1, -0.05) is 59.3 Å². The molecule has 0 amide bonds. The van der Waals surface area contributed by atoms with Crippen LogP contribution in [0.4, 0.5) is 0 Å². The molecule has 2 atom stereocenters. The fourth-order valence-corrected chi connectivity index (χ4v) is 2.83. The molecule has 0 aromatic rings. The zero-order chi connectivity index (χ0) is 12.8. The van der Waals surface area contributed by atoms with Crippen molar-refractivity contribution < 1.29 is 0 Å². The van der Waals surface area contributed by atoms with Crippen LogP contribution in [-0.2, 0) is 0 Å². The lowest BCUT2D eigenvalue weighted by atomic mass is 9.67. The Labute approximate surface area is 105 Å². The van der Waals surface area contributed by atoms with Crippen LogP contribution in [0.5, 0.6) is 0 Å². The zero-order valence-electron chi connectivity index (χ0n) is 11.8. The molecule has 0 spiro atoms. The van der Waals surface area contributed by atoms with E-state index in [1.165, 1.54) is 11.1 Å². The van der Waals surface area contributed by atoms with Crippen LogP contribution in [0, 0.1) is 16.7 Å². The van der Waals surface area contributed by atoms with Crippen LogP contribution in [0.2, 0.25) is 0 Å². The Hall–Kier alpha value is -1.05. The van der Waals surface area contributed by atoms with Gasteiger partial charge in [0.05, 0.1) is 6.04 Å². The fraction of sp³-hybridized carbons (Fsp3) is 0.667. The van der Waals surface area contributed by atoms with Gasteiger partial charge in [0, 0.05) is 12.1 Å². The molecule has 1 aliphatic heterocycles. The third-order valence-electron chi connectivity index (χ3n) is 3.56. The second kappa shape index (κ2) is 3.72. The van der Waals surface area contributed by atoms with Crippen molar-refractivity contribution >= 4 is 6.21 Å². The van der Waals surface area contributed by atoms with Crippen molar-refractivity contribution in [2.24, 2.45) is 21.8 Å². The van der Waals surface area contributed by atoms with Crippen LogP contribution >= 0.6 is 0 Å². The molecule has 94 valence electrons. The summed E-state index contributed by atoms with van der Waals surface area (Å²) in [6.45, 7) is 13.8. The summed E-state index contributed by atoms with van der Waals surface area (Å²) < 4.78 is 0. The average molecular weight is 232 g/mol. The van der Waals surface area contributed by atoms with Gasteiger partial charge in [0.2, 0.25) is 0 Å². The highest BCUT2D eigenvalue weighted by Crippen LogP contribution is 2.44. The van der Waals surface area contributed by atoms with Crippen molar-refractivity contribution in [1.29, 1.82) is 0 Å².